The number of ether oxygens (including phenoxy) is 2. The van der Waals surface area contributed by atoms with Crippen LogP contribution in [0, 0.1) is 6.92 Å². The number of hydrogen-bond acceptors (Lipinski definition) is 4. The highest BCUT2D eigenvalue weighted by atomic mass is 16.5. The van der Waals surface area contributed by atoms with Crippen molar-refractivity contribution in [1.29, 1.82) is 0 Å². The van der Waals surface area contributed by atoms with E-state index in [0.29, 0.717) is 11.5 Å². The van der Waals surface area contributed by atoms with Gasteiger partial charge < -0.3 is 19.9 Å². The van der Waals surface area contributed by atoms with Crippen molar-refractivity contribution < 1.29 is 24.2 Å². The Bertz CT molecular complexity index is 1230. The molecular formula is C29H32N2O5. The van der Waals surface area contributed by atoms with Crippen LogP contribution in [-0.2, 0) is 17.6 Å². The molecular weight excluding hydrogens is 456 g/mol. The van der Waals surface area contributed by atoms with Crippen LogP contribution in [0.1, 0.15) is 30.0 Å². The number of rotatable bonds is 7. The summed E-state index contributed by atoms with van der Waals surface area (Å²) in [6.07, 6.45) is 1.88. The Hall–Kier alpha value is -4.00. The van der Waals surface area contributed by atoms with E-state index in [9.17, 15) is 14.7 Å². The van der Waals surface area contributed by atoms with Gasteiger partial charge in [0.05, 0.1) is 19.8 Å². The number of carbonyl (C=O) groups excluding carboxylic acids is 1. The van der Waals surface area contributed by atoms with Gasteiger partial charge in [-0.1, -0.05) is 42.5 Å². The molecule has 0 fully saturated rings. The van der Waals surface area contributed by atoms with Gasteiger partial charge >= 0.3 is 12.0 Å². The maximum Gasteiger partial charge on any atom is 0.326 e. The summed E-state index contributed by atoms with van der Waals surface area (Å²) in [6.45, 7) is 3.98. The number of amides is 2. The number of aliphatic carboxylic acids is 1. The number of hydrogen-bond donors (Lipinski definition) is 2. The van der Waals surface area contributed by atoms with E-state index in [2.05, 4.69) is 5.32 Å². The topological polar surface area (TPSA) is 88.1 Å². The van der Waals surface area contributed by atoms with E-state index in [4.69, 9.17) is 9.47 Å². The Morgan fingerprint density at radius 2 is 1.72 bits per heavy atom. The van der Waals surface area contributed by atoms with Crippen molar-refractivity contribution in [2.75, 3.05) is 19.1 Å². The molecule has 0 aliphatic carbocycles. The van der Waals surface area contributed by atoms with Gasteiger partial charge in [-0.15, -0.1) is 0 Å². The Labute approximate surface area is 211 Å². The van der Waals surface area contributed by atoms with Crippen molar-refractivity contribution in [3.05, 3.63) is 77.4 Å². The number of urea groups is 1. The molecule has 4 rings (SSSR count). The van der Waals surface area contributed by atoms with Crippen molar-refractivity contribution in [3.63, 3.8) is 0 Å². The van der Waals surface area contributed by atoms with Gasteiger partial charge in [0.1, 0.15) is 17.5 Å². The first-order valence-corrected chi connectivity index (χ1v) is 12.0. The van der Waals surface area contributed by atoms with E-state index < -0.39 is 18.0 Å². The third-order valence-electron chi connectivity index (χ3n) is 6.70. The Morgan fingerprint density at radius 3 is 2.33 bits per heavy atom. The molecule has 1 aliphatic heterocycles. The van der Waals surface area contributed by atoms with Crippen molar-refractivity contribution in [3.8, 4) is 22.6 Å². The molecule has 0 bridgehead atoms. The predicted molar refractivity (Wildman–Crippen MR) is 140 cm³/mol. The monoisotopic (exact) mass is 488 g/mol. The number of methoxy groups -OCH3 is 2. The number of carboxylic acids is 1. The molecule has 0 saturated carbocycles. The highest BCUT2D eigenvalue weighted by Crippen LogP contribution is 2.38. The van der Waals surface area contributed by atoms with E-state index in [-0.39, 0.29) is 12.5 Å². The predicted octanol–water partition coefficient (Wildman–Crippen LogP) is 5.23. The van der Waals surface area contributed by atoms with Crippen LogP contribution in [0.25, 0.3) is 11.1 Å². The van der Waals surface area contributed by atoms with Crippen LogP contribution in [0.3, 0.4) is 0 Å². The number of nitrogens with zero attached hydrogens (tertiary/aromatic N) is 1. The first-order chi connectivity index (χ1) is 17.3. The smallest absolute Gasteiger partial charge is 0.326 e. The number of fused-ring (bicyclic) bond motifs is 1. The van der Waals surface area contributed by atoms with Crippen molar-refractivity contribution in [2.24, 2.45) is 0 Å². The Balaban J connectivity index is 1.53. The van der Waals surface area contributed by atoms with Gasteiger partial charge in [0.15, 0.2) is 0 Å². The van der Waals surface area contributed by atoms with Crippen LogP contribution in [0.2, 0.25) is 0 Å². The largest absolute Gasteiger partial charge is 0.496 e. The number of carboxylic acid groups (broad SMARTS) is 1. The molecule has 3 aromatic carbocycles. The second kappa shape index (κ2) is 10.7. The quantitative estimate of drug-likeness (QED) is 0.476. The molecule has 7 heteroatoms. The second-order valence-corrected chi connectivity index (χ2v) is 9.17. The molecule has 2 unspecified atom stereocenters. The fraction of sp³-hybridized carbons (Fsp3) is 0.310. The van der Waals surface area contributed by atoms with Gasteiger partial charge in [0.25, 0.3) is 0 Å². The van der Waals surface area contributed by atoms with Gasteiger partial charge in [-0.25, -0.2) is 9.59 Å². The highest BCUT2D eigenvalue weighted by molar-refractivity contribution is 5.96. The molecule has 0 aromatic heterocycles. The lowest BCUT2D eigenvalue weighted by Crippen LogP contribution is -2.53. The van der Waals surface area contributed by atoms with Crippen molar-refractivity contribution in [2.45, 2.75) is 45.2 Å². The first kappa shape index (κ1) is 25.1. The second-order valence-electron chi connectivity index (χ2n) is 9.17. The summed E-state index contributed by atoms with van der Waals surface area (Å²) in [5.74, 6) is 0.292. The number of anilines is 1. The summed E-state index contributed by atoms with van der Waals surface area (Å²) in [4.78, 5) is 27.1. The van der Waals surface area contributed by atoms with Gasteiger partial charge in [0.2, 0.25) is 0 Å². The molecule has 0 radical (unpaired) electrons. The molecule has 2 amide bonds. The summed E-state index contributed by atoms with van der Waals surface area (Å²) in [5.41, 5.74) is 5.52. The molecule has 7 nitrogen and oxygen atoms in total. The van der Waals surface area contributed by atoms with Gasteiger partial charge in [-0.2, -0.15) is 0 Å². The fourth-order valence-electron chi connectivity index (χ4n) is 4.75. The maximum absolute atomic E-state index is 13.3. The molecule has 36 heavy (non-hydrogen) atoms. The van der Waals surface area contributed by atoms with Crippen LogP contribution >= 0.6 is 0 Å². The van der Waals surface area contributed by atoms with E-state index in [0.717, 1.165) is 46.3 Å². The molecule has 1 aliphatic rings. The van der Waals surface area contributed by atoms with E-state index >= 15 is 0 Å². The minimum atomic E-state index is -1.08. The number of benzene rings is 3. The third kappa shape index (κ3) is 5.15. The van der Waals surface area contributed by atoms with E-state index in [1.165, 1.54) is 0 Å². The lowest BCUT2D eigenvalue weighted by Gasteiger charge is -2.36. The summed E-state index contributed by atoms with van der Waals surface area (Å²) in [7, 11) is 3.21. The zero-order chi connectivity index (χ0) is 25.8. The van der Waals surface area contributed by atoms with Gasteiger partial charge in [0, 0.05) is 18.2 Å². The van der Waals surface area contributed by atoms with Crippen LogP contribution in [0.4, 0.5) is 10.5 Å². The zero-order valence-electron chi connectivity index (χ0n) is 21.1. The minimum absolute atomic E-state index is 0.0242. The lowest BCUT2D eigenvalue weighted by atomic mass is 9.95. The first-order valence-electron chi connectivity index (χ1n) is 12.0. The lowest BCUT2D eigenvalue weighted by molar-refractivity contribution is -0.139. The average molecular weight is 489 g/mol. The summed E-state index contributed by atoms with van der Waals surface area (Å²) >= 11 is 0. The Kier molecular flexibility index (Phi) is 7.48. The van der Waals surface area contributed by atoms with Crippen LogP contribution in [-0.4, -0.2) is 43.4 Å². The molecule has 188 valence electrons. The molecule has 2 N–H and O–H groups in total. The molecule has 1 heterocycles. The van der Waals surface area contributed by atoms with E-state index in [1.807, 2.05) is 74.5 Å². The number of aryl methyl sites for hydroxylation is 2. The molecule has 3 aromatic rings. The van der Waals surface area contributed by atoms with Gasteiger partial charge in [-0.05, 0) is 67.1 Å². The third-order valence-corrected chi connectivity index (χ3v) is 6.70. The van der Waals surface area contributed by atoms with Crippen LogP contribution in [0.15, 0.2) is 60.7 Å². The molecule has 2 atom stereocenters. The number of nitrogens with one attached hydrogen (secondary N) is 1. The summed E-state index contributed by atoms with van der Waals surface area (Å²) < 4.78 is 11.0. The summed E-state index contributed by atoms with van der Waals surface area (Å²) in [6, 6.07) is 17.7. The normalized spacial score (nSPS) is 15.6. The zero-order valence-corrected chi connectivity index (χ0v) is 21.1. The Morgan fingerprint density at radius 1 is 1.06 bits per heavy atom. The van der Waals surface area contributed by atoms with Crippen molar-refractivity contribution in [1.82, 2.24) is 5.32 Å². The molecule has 0 spiro atoms. The molecule has 0 saturated heterocycles. The van der Waals surface area contributed by atoms with Gasteiger partial charge in [-0.3, -0.25) is 4.90 Å². The number of carbonyl (C=O) groups is 2. The van der Waals surface area contributed by atoms with Crippen LogP contribution in [0.5, 0.6) is 11.5 Å². The van der Waals surface area contributed by atoms with Crippen molar-refractivity contribution >= 4 is 17.7 Å². The fourth-order valence-corrected chi connectivity index (χ4v) is 4.75. The minimum Gasteiger partial charge on any atom is -0.496 e. The maximum atomic E-state index is 13.3. The SMILES string of the molecule is COc1cccc(OC)c1-c1ccc(CC(NC(=O)N2c3cc(C)ccc3CCC2C)C(=O)O)cc1. The standard InChI is InChI=1S/C29H32N2O5/c1-18-8-12-21-13-9-19(2)31(24(21)16-18)29(34)30-23(28(32)33)17-20-10-14-22(15-11-20)27-25(35-3)6-5-7-26(27)36-4/h5-8,10-12,14-16,19,23H,9,13,17H2,1-4H3,(H,30,34)(H,32,33). The highest BCUT2D eigenvalue weighted by Gasteiger charge is 2.31. The van der Waals surface area contributed by atoms with Crippen LogP contribution < -0.4 is 19.7 Å². The van der Waals surface area contributed by atoms with E-state index in [1.54, 1.807) is 19.1 Å². The average Bonchev–Trinajstić information content (AvgIpc) is 2.87. The summed E-state index contributed by atoms with van der Waals surface area (Å²) in [5, 5.41) is 12.6.